The molecular weight excluding hydrogens is 396 g/mol. The zero-order chi connectivity index (χ0) is 20.8. The van der Waals surface area contributed by atoms with Crippen LogP contribution in [-0.2, 0) is 20.0 Å². The normalized spacial score (nSPS) is 13.4. The van der Waals surface area contributed by atoms with Crippen LogP contribution in [0.3, 0.4) is 0 Å². The van der Waals surface area contributed by atoms with E-state index in [1.54, 1.807) is 48.5 Å². The van der Waals surface area contributed by atoms with Crippen LogP contribution in [0.25, 0.3) is 0 Å². The predicted molar refractivity (Wildman–Crippen MR) is 111 cm³/mol. The molecule has 8 heteroatoms. The molecule has 0 spiro atoms. The van der Waals surface area contributed by atoms with Crippen molar-refractivity contribution in [2.75, 3.05) is 13.1 Å². The molecule has 0 aliphatic carbocycles. The third-order valence-electron chi connectivity index (χ3n) is 4.45. The topological polar surface area (TPSA) is 92.3 Å². The zero-order valence-corrected chi connectivity index (χ0v) is 18.1. The third-order valence-corrected chi connectivity index (χ3v) is 7.37. The van der Waals surface area contributed by atoms with Gasteiger partial charge in [-0.25, -0.2) is 26.3 Å². The maximum Gasteiger partial charge on any atom is 0.240 e. The van der Waals surface area contributed by atoms with E-state index in [1.807, 2.05) is 20.8 Å². The largest absolute Gasteiger partial charge is 0.240 e. The quantitative estimate of drug-likeness (QED) is 0.574. The Balaban J connectivity index is 1.76. The molecule has 0 aliphatic heterocycles. The van der Waals surface area contributed by atoms with Crippen molar-refractivity contribution in [3.05, 3.63) is 59.7 Å². The fraction of sp³-hybridized carbons (Fsp3) is 0.400. The van der Waals surface area contributed by atoms with Crippen LogP contribution >= 0.6 is 0 Å². The van der Waals surface area contributed by atoms with E-state index in [9.17, 15) is 16.8 Å². The first-order valence-corrected chi connectivity index (χ1v) is 12.2. The van der Waals surface area contributed by atoms with E-state index in [2.05, 4.69) is 9.44 Å². The first-order valence-electron chi connectivity index (χ1n) is 9.23. The number of benzene rings is 2. The van der Waals surface area contributed by atoms with E-state index < -0.39 is 20.0 Å². The van der Waals surface area contributed by atoms with Crippen molar-refractivity contribution in [2.24, 2.45) is 5.92 Å². The second-order valence-electron chi connectivity index (χ2n) is 7.12. The number of hydrogen-bond donors (Lipinski definition) is 2. The van der Waals surface area contributed by atoms with Gasteiger partial charge in [-0.15, -0.1) is 0 Å². The molecule has 28 heavy (non-hydrogen) atoms. The van der Waals surface area contributed by atoms with Crippen LogP contribution in [0.15, 0.2) is 58.3 Å². The third kappa shape index (κ3) is 6.70. The fourth-order valence-electron chi connectivity index (χ4n) is 2.61. The molecule has 1 atom stereocenters. The summed E-state index contributed by atoms with van der Waals surface area (Å²) in [6.07, 6.45) is 1.32. The molecule has 0 aliphatic rings. The summed E-state index contributed by atoms with van der Waals surface area (Å²) in [6.45, 7) is 6.36. The summed E-state index contributed by atoms with van der Waals surface area (Å²) in [5.41, 5.74) is 2.00. The second-order valence-corrected chi connectivity index (χ2v) is 10.7. The molecule has 2 rings (SSSR count). The molecule has 0 saturated carbocycles. The number of aryl methyl sites for hydroxylation is 2. The minimum Gasteiger partial charge on any atom is -0.211 e. The van der Waals surface area contributed by atoms with Crippen molar-refractivity contribution in [2.45, 2.75) is 43.4 Å². The summed E-state index contributed by atoms with van der Waals surface area (Å²) in [5, 5.41) is 0. The molecule has 0 radical (unpaired) electrons. The van der Waals surface area contributed by atoms with Crippen LogP contribution in [0.4, 0.5) is 0 Å². The number of hydrogen-bond acceptors (Lipinski definition) is 4. The van der Waals surface area contributed by atoms with Crippen LogP contribution in [-0.4, -0.2) is 29.9 Å². The van der Waals surface area contributed by atoms with E-state index in [-0.39, 0.29) is 15.7 Å². The van der Waals surface area contributed by atoms with Gasteiger partial charge in [0.25, 0.3) is 0 Å². The van der Waals surface area contributed by atoms with Crippen LogP contribution in [0, 0.1) is 19.8 Å². The Bertz CT molecular complexity index is 968. The molecule has 0 unspecified atom stereocenters. The van der Waals surface area contributed by atoms with E-state index in [4.69, 9.17) is 0 Å². The molecule has 0 fully saturated rings. The molecule has 0 aromatic heterocycles. The van der Waals surface area contributed by atoms with Gasteiger partial charge < -0.3 is 0 Å². The van der Waals surface area contributed by atoms with Gasteiger partial charge in [0.05, 0.1) is 9.79 Å². The van der Waals surface area contributed by atoms with E-state index >= 15 is 0 Å². The van der Waals surface area contributed by atoms with Gasteiger partial charge in [-0.2, -0.15) is 0 Å². The minimum absolute atomic E-state index is 0.0871. The lowest BCUT2D eigenvalue weighted by atomic mass is 10.1. The van der Waals surface area contributed by atoms with Crippen molar-refractivity contribution in [3.8, 4) is 0 Å². The Morgan fingerprint density at radius 2 is 1.18 bits per heavy atom. The highest BCUT2D eigenvalue weighted by molar-refractivity contribution is 7.89. The van der Waals surface area contributed by atoms with Gasteiger partial charge in [0.1, 0.15) is 0 Å². The Kier molecular flexibility index (Phi) is 7.77. The average molecular weight is 425 g/mol. The van der Waals surface area contributed by atoms with E-state index in [1.165, 1.54) is 0 Å². The van der Waals surface area contributed by atoms with Gasteiger partial charge >= 0.3 is 0 Å². The zero-order valence-electron chi connectivity index (χ0n) is 16.5. The standard InChI is InChI=1S/C20H28N2O4S2/c1-16-6-10-19(11-7-16)27(23,24)21-14-4-5-18(3)15-22-28(25,26)20-12-8-17(2)9-13-20/h6-13,18,21-22H,4-5,14-15H2,1-3H3/t18-/m1/s1. The van der Waals surface area contributed by atoms with Crippen LogP contribution in [0.2, 0.25) is 0 Å². The highest BCUT2D eigenvalue weighted by atomic mass is 32.2. The molecular formula is C20H28N2O4S2. The summed E-state index contributed by atoms with van der Waals surface area (Å²) in [5.74, 6) is 0.0871. The Morgan fingerprint density at radius 1 is 0.750 bits per heavy atom. The average Bonchev–Trinajstić information content (AvgIpc) is 2.64. The van der Waals surface area contributed by atoms with Gasteiger partial charge in [-0.1, -0.05) is 42.3 Å². The van der Waals surface area contributed by atoms with Gasteiger partial charge in [0.15, 0.2) is 0 Å². The first kappa shape index (κ1) is 22.5. The SMILES string of the molecule is Cc1ccc(S(=O)(=O)NCCC[C@@H](C)CNS(=O)(=O)c2ccc(C)cc2)cc1. The molecule has 6 nitrogen and oxygen atoms in total. The Labute approximate surface area is 168 Å². The predicted octanol–water partition coefficient (Wildman–Crippen LogP) is 2.98. The molecule has 154 valence electrons. The number of nitrogens with one attached hydrogen (secondary N) is 2. The summed E-state index contributed by atoms with van der Waals surface area (Å²) < 4.78 is 54.2. The lowest BCUT2D eigenvalue weighted by molar-refractivity contribution is 0.491. The number of rotatable bonds is 10. The Hall–Kier alpha value is -1.74. The van der Waals surface area contributed by atoms with Crippen LogP contribution < -0.4 is 9.44 Å². The summed E-state index contributed by atoms with van der Waals surface area (Å²) in [4.78, 5) is 0.494. The molecule has 0 amide bonds. The summed E-state index contributed by atoms with van der Waals surface area (Å²) in [6, 6.07) is 13.4. The van der Waals surface area contributed by atoms with Gasteiger partial charge in [-0.3, -0.25) is 0 Å². The smallest absolute Gasteiger partial charge is 0.211 e. The molecule has 2 N–H and O–H groups in total. The van der Waals surface area contributed by atoms with Crippen molar-refractivity contribution in [3.63, 3.8) is 0 Å². The maximum atomic E-state index is 12.3. The molecule has 0 bridgehead atoms. The molecule has 2 aromatic rings. The highest BCUT2D eigenvalue weighted by Gasteiger charge is 2.16. The molecule has 0 saturated heterocycles. The van der Waals surface area contributed by atoms with E-state index in [0.717, 1.165) is 11.1 Å². The van der Waals surface area contributed by atoms with Crippen molar-refractivity contribution < 1.29 is 16.8 Å². The lowest BCUT2D eigenvalue weighted by Crippen LogP contribution is -2.29. The molecule has 0 heterocycles. The van der Waals surface area contributed by atoms with Crippen LogP contribution in [0.1, 0.15) is 30.9 Å². The van der Waals surface area contributed by atoms with Gasteiger partial charge in [0, 0.05) is 13.1 Å². The van der Waals surface area contributed by atoms with E-state index in [0.29, 0.717) is 25.9 Å². The first-order chi connectivity index (χ1) is 13.1. The highest BCUT2D eigenvalue weighted by Crippen LogP contribution is 2.12. The van der Waals surface area contributed by atoms with Gasteiger partial charge in [-0.05, 0) is 56.9 Å². The second kappa shape index (κ2) is 9.65. The Morgan fingerprint density at radius 3 is 1.64 bits per heavy atom. The summed E-state index contributed by atoms with van der Waals surface area (Å²) >= 11 is 0. The number of sulfonamides is 2. The van der Waals surface area contributed by atoms with Crippen molar-refractivity contribution in [1.82, 2.24) is 9.44 Å². The van der Waals surface area contributed by atoms with Crippen molar-refractivity contribution >= 4 is 20.0 Å². The fourth-order valence-corrected chi connectivity index (χ4v) is 4.85. The monoisotopic (exact) mass is 424 g/mol. The minimum atomic E-state index is -3.53. The lowest BCUT2D eigenvalue weighted by Gasteiger charge is -2.13. The van der Waals surface area contributed by atoms with Crippen LogP contribution in [0.5, 0.6) is 0 Å². The van der Waals surface area contributed by atoms with Crippen molar-refractivity contribution in [1.29, 1.82) is 0 Å². The molecule has 2 aromatic carbocycles. The van der Waals surface area contributed by atoms with Gasteiger partial charge in [0.2, 0.25) is 20.0 Å². The summed E-state index contributed by atoms with van der Waals surface area (Å²) in [7, 11) is -7.04. The maximum absolute atomic E-state index is 12.3.